The Balaban J connectivity index is 1.58. The number of methoxy groups -OCH3 is 2. The first-order chi connectivity index (χ1) is 14.0. The van der Waals surface area contributed by atoms with Crippen LogP contribution in [0.3, 0.4) is 0 Å². The first-order valence-corrected chi connectivity index (χ1v) is 8.99. The van der Waals surface area contributed by atoms with Crippen LogP contribution in [0.2, 0.25) is 5.02 Å². The highest BCUT2D eigenvalue weighted by atomic mass is 35.5. The molecule has 1 aromatic heterocycles. The summed E-state index contributed by atoms with van der Waals surface area (Å²) in [5, 5.41) is 9.64. The molecule has 0 unspecified atom stereocenters. The molecule has 2 aromatic carbocycles. The lowest BCUT2D eigenvalue weighted by atomic mass is 10.2. The van der Waals surface area contributed by atoms with Gasteiger partial charge in [0.1, 0.15) is 0 Å². The normalized spacial score (nSPS) is 10.3. The number of carbonyl (C=O) groups is 2. The highest BCUT2D eigenvalue weighted by Crippen LogP contribution is 2.35. The number of ether oxygens (including phenoxy) is 2. The van der Waals surface area contributed by atoms with Crippen LogP contribution in [-0.2, 0) is 4.79 Å². The van der Waals surface area contributed by atoms with Crippen molar-refractivity contribution in [3.8, 4) is 17.2 Å². The third-order valence-corrected chi connectivity index (χ3v) is 4.31. The van der Waals surface area contributed by atoms with Crippen LogP contribution in [0.15, 0.2) is 54.9 Å². The molecule has 0 bridgehead atoms. The first-order valence-electron chi connectivity index (χ1n) is 8.61. The van der Waals surface area contributed by atoms with Gasteiger partial charge in [-0.05, 0) is 42.5 Å². The predicted molar refractivity (Wildman–Crippen MR) is 109 cm³/mol. The summed E-state index contributed by atoms with van der Waals surface area (Å²) in [4.78, 5) is 24.5. The Morgan fingerprint density at radius 3 is 2.52 bits per heavy atom. The molecule has 0 saturated heterocycles. The zero-order valence-electron chi connectivity index (χ0n) is 15.8. The summed E-state index contributed by atoms with van der Waals surface area (Å²) in [5.74, 6) is -0.164. The molecular weight excluding hydrogens is 396 g/mol. The van der Waals surface area contributed by atoms with Crippen LogP contribution in [0.25, 0.3) is 5.69 Å². The van der Waals surface area contributed by atoms with Crippen molar-refractivity contribution >= 4 is 29.1 Å². The number of carbonyl (C=O) groups excluding carboxylic acids is 2. The van der Waals surface area contributed by atoms with Crippen LogP contribution in [0, 0.1) is 0 Å². The maximum absolute atomic E-state index is 12.3. The average Bonchev–Trinajstić information content (AvgIpc) is 3.26. The standard InChI is InChI=1S/C20H19ClN4O4/c1-28-17-11-13(10-16(21)19(17)29-2)20(27)22-12-18(26)24-14-4-6-15(7-5-14)25-9-3-8-23-25/h3-11H,12H2,1-2H3,(H,22,27)(H,24,26). The van der Waals surface area contributed by atoms with E-state index in [4.69, 9.17) is 21.1 Å². The average molecular weight is 415 g/mol. The second-order valence-corrected chi connectivity index (χ2v) is 6.33. The molecule has 9 heteroatoms. The summed E-state index contributed by atoms with van der Waals surface area (Å²) in [5.41, 5.74) is 1.73. The van der Waals surface area contributed by atoms with Gasteiger partial charge in [-0.2, -0.15) is 5.10 Å². The quantitative estimate of drug-likeness (QED) is 0.620. The van der Waals surface area contributed by atoms with Crippen LogP contribution < -0.4 is 20.1 Å². The van der Waals surface area contributed by atoms with Crippen LogP contribution in [0.5, 0.6) is 11.5 Å². The van der Waals surface area contributed by atoms with E-state index >= 15 is 0 Å². The van der Waals surface area contributed by atoms with Crippen LogP contribution in [-0.4, -0.2) is 42.4 Å². The number of anilines is 1. The molecule has 0 radical (unpaired) electrons. The van der Waals surface area contributed by atoms with Gasteiger partial charge >= 0.3 is 0 Å². The number of benzene rings is 2. The monoisotopic (exact) mass is 414 g/mol. The first kappa shape index (κ1) is 20.2. The van der Waals surface area contributed by atoms with E-state index in [-0.39, 0.29) is 23.0 Å². The van der Waals surface area contributed by atoms with Gasteiger partial charge in [-0.25, -0.2) is 4.68 Å². The van der Waals surface area contributed by atoms with E-state index in [0.717, 1.165) is 5.69 Å². The number of rotatable bonds is 7. The largest absolute Gasteiger partial charge is 0.493 e. The van der Waals surface area contributed by atoms with Crippen molar-refractivity contribution in [2.45, 2.75) is 0 Å². The highest BCUT2D eigenvalue weighted by molar-refractivity contribution is 6.32. The molecule has 2 N–H and O–H groups in total. The van der Waals surface area contributed by atoms with Gasteiger partial charge in [0.2, 0.25) is 5.91 Å². The Morgan fingerprint density at radius 2 is 1.90 bits per heavy atom. The van der Waals surface area contributed by atoms with E-state index in [0.29, 0.717) is 17.2 Å². The summed E-state index contributed by atoms with van der Waals surface area (Å²) >= 11 is 6.11. The lowest BCUT2D eigenvalue weighted by Gasteiger charge is -2.12. The van der Waals surface area contributed by atoms with Gasteiger partial charge in [-0.1, -0.05) is 11.6 Å². The summed E-state index contributed by atoms with van der Waals surface area (Å²) in [6.07, 6.45) is 3.51. The lowest BCUT2D eigenvalue weighted by Crippen LogP contribution is -2.32. The number of halogens is 1. The molecule has 0 aliphatic rings. The minimum atomic E-state index is -0.461. The second kappa shape index (κ2) is 9.11. The summed E-state index contributed by atoms with van der Waals surface area (Å²) in [7, 11) is 2.90. The zero-order chi connectivity index (χ0) is 20.8. The number of nitrogens with zero attached hydrogens (tertiary/aromatic N) is 2. The Morgan fingerprint density at radius 1 is 1.14 bits per heavy atom. The molecule has 0 atom stereocenters. The van der Waals surface area contributed by atoms with Gasteiger partial charge in [-0.15, -0.1) is 0 Å². The van der Waals surface area contributed by atoms with Gasteiger partial charge < -0.3 is 20.1 Å². The summed E-state index contributed by atoms with van der Waals surface area (Å²) < 4.78 is 12.0. The van der Waals surface area contributed by atoms with Crippen LogP contribution in [0.4, 0.5) is 5.69 Å². The molecule has 1 heterocycles. The molecule has 0 aliphatic heterocycles. The SMILES string of the molecule is COc1cc(C(=O)NCC(=O)Nc2ccc(-n3cccn3)cc2)cc(Cl)c1OC. The molecule has 3 aromatic rings. The third kappa shape index (κ3) is 4.85. The highest BCUT2D eigenvalue weighted by Gasteiger charge is 2.16. The molecule has 29 heavy (non-hydrogen) atoms. The van der Waals surface area contributed by atoms with E-state index in [1.165, 1.54) is 26.4 Å². The maximum atomic E-state index is 12.3. The van der Waals surface area contributed by atoms with E-state index < -0.39 is 5.91 Å². The number of hydrogen-bond donors (Lipinski definition) is 2. The lowest BCUT2D eigenvalue weighted by molar-refractivity contribution is -0.115. The van der Waals surface area contributed by atoms with Gasteiger partial charge in [0.15, 0.2) is 11.5 Å². The molecule has 8 nitrogen and oxygen atoms in total. The van der Waals surface area contributed by atoms with Crippen LogP contribution >= 0.6 is 11.6 Å². The summed E-state index contributed by atoms with van der Waals surface area (Å²) in [6, 6.07) is 11.9. The van der Waals surface area contributed by atoms with Gasteiger partial charge in [0, 0.05) is 23.6 Å². The van der Waals surface area contributed by atoms with Crippen molar-refractivity contribution < 1.29 is 19.1 Å². The number of aromatic nitrogens is 2. The fourth-order valence-corrected chi connectivity index (χ4v) is 2.92. The second-order valence-electron chi connectivity index (χ2n) is 5.92. The van der Waals surface area contributed by atoms with Crippen molar-refractivity contribution in [3.63, 3.8) is 0 Å². The van der Waals surface area contributed by atoms with Crippen molar-refractivity contribution in [2.24, 2.45) is 0 Å². The summed E-state index contributed by atoms with van der Waals surface area (Å²) in [6.45, 7) is -0.203. The molecular formula is C20H19ClN4O4. The molecule has 0 spiro atoms. The fourth-order valence-electron chi connectivity index (χ4n) is 2.64. The number of hydrogen-bond acceptors (Lipinski definition) is 5. The van der Waals surface area contributed by atoms with Crippen LogP contribution in [0.1, 0.15) is 10.4 Å². The Kier molecular flexibility index (Phi) is 6.36. The van der Waals surface area contributed by atoms with Gasteiger partial charge in [0.05, 0.1) is 31.5 Å². The Bertz CT molecular complexity index is 1000. The Hall–Kier alpha value is -3.52. The third-order valence-electron chi connectivity index (χ3n) is 4.03. The predicted octanol–water partition coefficient (Wildman–Crippen LogP) is 2.91. The van der Waals surface area contributed by atoms with E-state index in [1.54, 1.807) is 23.0 Å². The smallest absolute Gasteiger partial charge is 0.251 e. The van der Waals surface area contributed by atoms with Crippen molar-refractivity contribution in [1.29, 1.82) is 0 Å². The molecule has 0 aliphatic carbocycles. The topological polar surface area (TPSA) is 94.5 Å². The molecule has 0 saturated carbocycles. The fraction of sp³-hybridized carbons (Fsp3) is 0.150. The minimum absolute atomic E-state index is 0.203. The van der Waals surface area contributed by atoms with Crippen molar-refractivity contribution in [1.82, 2.24) is 15.1 Å². The number of amides is 2. The van der Waals surface area contributed by atoms with E-state index in [2.05, 4.69) is 15.7 Å². The van der Waals surface area contributed by atoms with E-state index in [1.807, 2.05) is 24.4 Å². The van der Waals surface area contributed by atoms with Crippen molar-refractivity contribution in [2.75, 3.05) is 26.1 Å². The van der Waals surface area contributed by atoms with Gasteiger partial charge in [0.25, 0.3) is 5.91 Å². The molecule has 0 fully saturated rings. The molecule has 2 amide bonds. The Labute approximate surface area is 172 Å². The molecule has 150 valence electrons. The van der Waals surface area contributed by atoms with E-state index in [9.17, 15) is 9.59 Å². The zero-order valence-corrected chi connectivity index (χ0v) is 16.6. The number of nitrogens with one attached hydrogen (secondary N) is 2. The van der Waals surface area contributed by atoms with Crippen molar-refractivity contribution in [3.05, 3.63) is 65.4 Å². The maximum Gasteiger partial charge on any atom is 0.251 e. The molecule has 3 rings (SSSR count). The minimum Gasteiger partial charge on any atom is -0.493 e. The van der Waals surface area contributed by atoms with Gasteiger partial charge in [-0.3, -0.25) is 9.59 Å².